The third-order valence-electron chi connectivity index (χ3n) is 3.82. The van der Waals surface area contributed by atoms with Crippen molar-refractivity contribution < 1.29 is 9.53 Å². The summed E-state index contributed by atoms with van der Waals surface area (Å²) >= 11 is 0. The van der Waals surface area contributed by atoms with Crippen molar-refractivity contribution in [1.29, 1.82) is 0 Å². The van der Waals surface area contributed by atoms with E-state index in [-0.39, 0.29) is 6.10 Å². The van der Waals surface area contributed by atoms with Crippen molar-refractivity contribution >= 4 is 5.78 Å². The molecule has 1 aromatic rings. The lowest BCUT2D eigenvalue weighted by Gasteiger charge is -2.18. The minimum absolute atomic E-state index is 0.115. The van der Waals surface area contributed by atoms with Gasteiger partial charge in [-0.15, -0.1) is 0 Å². The van der Waals surface area contributed by atoms with Crippen LogP contribution in [-0.4, -0.2) is 11.9 Å². The molecular weight excluding hydrogens is 212 g/mol. The Morgan fingerprint density at radius 1 is 1.06 bits per heavy atom. The van der Waals surface area contributed by atoms with E-state index in [4.69, 9.17) is 4.74 Å². The quantitative estimate of drug-likeness (QED) is 0.780. The second-order valence-electron chi connectivity index (χ2n) is 5.16. The highest BCUT2D eigenvalue weighted by molar-refractivity contribution is 5.81. The Kier molecular flexibility index (Phi) is 2.87. The normalized spacial score (nSPS) is 23.5. The number of ether oxygens (including phenoxy) is 1. The highest BCUT2D eigenvalue weighted by Crippen LogP contribution is 2.28. The molecule has 1 unspecified atom stereocenters. The smallest absolute Gasteiger partial charge is 0.136 e. The van der Waals surface area contributed by atoms with E-state index < -0.39 is 0 Å². The van der Waals surface area contributed by atoms with E-state index in [0.717, 1.165) is 12.2 Å². The van der Waals surface area contributed by atoms with Crippen molar-refractivity contribution in [3.63, 3.8) is 0 Å². The molecule has 2 aliphatic carbocycles. The molecule has 0 N–H and O–H groups in total. The summed E-state index contributed by atoms with van der Waals surface area (Å²) in [4.78, 5) is 11.2. The molecule has 0 bridgehead atoms. The molecule has 0 saturated heterocycles. The number of rotatable bonds is 2. The lowest BCUT2D eigenvalue weighted by atomic mass is 9.92. The van der Waals surface area contributed by atoms with Gasteiger partial charge < -0.3 is 4.74 Å². The van der Waals surface area contributed by atoms with Gasteiger partial charge in [0.1, 0.15) is 17.6 Å². The van der Waals surface area contributed by atoms with E-state index in [0.29, 0.717) is 18.6 Å². The summed E-state index contributed by atoms with van der Waals surface area (Å²) in [5, 5.41) is 0. The Hall–Kier alpha value is -1.31. The molecule has 0 aromatic heterocycles. The predicted molar refractivity (Wildman–Crippen MR) is 66.4 cm³/mol. The Balaban J connectivity index is 1.73. The third-order valence-corrected chi connectivity index (χ3v) is 3.82. The molecule has 3 rings (SSSR count). The molecule has 1 saturated carbocycles. The summed E-state index contributed by atoms with van der Waals surface area (Å²) in [6, 6.07) is 6.44. The van der Waals surface area contributed by atoms with E-state index in [1.807, 2.05) is 0 Å². The molecule has 90 valence electrons. The van der Waals surface area contributed by atoms with Crippen LogP contribution in [0.25, 0.3) is 0 Å². The number of hydrogen-bond donors (Lipinski definition) is 0. The Morgan fingerprint density at radius 3 is 2.65 bits per heavy atom. The monoisotopic (exact) mass is 230 g/mol. The van der Waals surface area contributed by atoms with E-state index in [1.54, 1.807) is 0 Å². The molecule has 1 aromatic carbocycles. The summed E-state index contributed by atoms with van der Waals surface area (Å²) < 4.78 is 5.89. The van der Waals surface area contributed by atoms with Crippen molar-refractivity contribution in [2.24, 2.45) is 0 Å². The van der Waals surface area contributed by atoms with Gasteiger partial charge >= 0.3 is 0 Å². The maximum absolute atomic E-state index is 11.2. The van der Waals surface area contributed by atoms with Gasteiger partial charge in [0.2, 0.25) is 0 Å². The van der Waals surface area contributed by atoms with Crippen molar-refractivity contribution in [2.45, 2.75) is 51.0 Å². The summed E-state index contributed by atoms with van der Waals surface area (Å²) in [7, 11) is 0. The van der Waals surface area contributed by atoms with E-state index >= 15 is 0 Å². The maximum atomic E-state index is 11.2. The molecule has 2 heteroatoms. The topological polar surface area (TPSA) is 26.3 Å². The Bertz CT molecular complexity index is 437. The number of Topliss-reactive ketones (excluding diaryl/α,β-unsaturated/α-hetero) is 1. The first-order valence-corrected chi connectivity index (χ1v) is 6.61. The molecule has 1 fully saturated rings. The van der Waals surface area contributed by atoms with Gasteiger partial charge in [0.15, 0.2) is 0 Å². The van der Waals surface area contributed by atoms with Gasteiger partial charge in [0.25, 0.3) is 0 Å². The first kappa shape index (κ1) is 10.8. The van der Waals surface area contributed by atoms with E-state index in [1.165, 1.54) is 36.8 Å². The summed E-state index contributed by atoms with van der Waals surface area (Å²) in [6.45, 7) is 0. The lowest BCUT2D eigenvalue weighted by molar-refractivity contribution is -0.117. The number of carbonyl (C=O) groups is 1. The lowest BCUT2D eigenvalue weighted by Crippen LogP contribution is -2.13. The molecule has 0 spiro atoms. The number of benzene rings is 1. The van der Waals surface area contributed by atoms with Gasteiger partial charge in [0, 0.05) is 12.8 Å². The van der Waals surface area contributed by atoms with Crippen LogP contribution in [0.2, 0.25) is 0 Å². The summed E-state index contributed by atoms with van der Waals surface area (Å²) in [5.41, 5.74) is 2.92. The fraction of sp³-hybridized carbons (Fsp3) is 0.533. The van der Waals surface area contributed by atoms with Gasteiger partial charge in [-0.2, -0.15) is 0 Å². The van der Waals surface area contributed by atoms with Gasteiger partial charge in [-0.05, 0) is 55.4 Å². The zero-order chi connectivity index (χ0) is 11.7. The second-order valence-corrected chi connectivity index (χ2v) is 5.16. The molecule has 1 atom stereocenters. The largest absolute Gasteiger partial charge is 0.490 e. The van der Waals surface area contributed by atoms with Crippen molar-refractivity contribution in [2.75, 3.05) is 0 Å². The van der Waals surface area contributed by atoms with Crippen LogP contribution in [0.15, 0.2) is 18.2 Å². The van der Waals surface area contributed by atoms with Crippen LogP contribution in [0, 0.1) is 0 Å². The van der Waals surface area contributed by atoms with E-state index in [2.05, 4.69) is 18.2 Å². The first-order valence-electron chi connectivity index (χ1n) is 6.61. The SMILES string of the molecule is O=C1CCC(Oc2ccc3c(c2)CCCC3)C1. The molecule has 17 heavy (non-hydrogen) atoms. The zero-order valence-electron chi connectivity index (χ0n) is 10.1. The molecule has 0 aliphatic heterocycles. The van der Waals surface area contributed by atoms with Crippen LogP contribution in [0.4, 0.5) is 0 Å². The van der Waals surface area contributed by atoms with E-state index in [9.17, 15) is 4.79 Å². The number of hydrogen-bond acceptors (Lipinski definition) is 2. The average molecular weight is 230 g/mol. The fourth-order valence-electron chi connectivity index (χ4n) is 2.86. The van der Waals surface area contributed by atoms with Crippen molar-refractivity contribution in [3.8, 4) is 5.75 Å². The fourth-order valence-corrected chi connectivity index (χ4v) is 2.86. The number of aryl methyl sites for hydroxylation is 2. The van der Waals surface area contributed by atoms with Gasteiger partial charge in [-0.25, -0.2) is 0 Å². The van der Waals surface area contributed by atoms with Crippen molar-refractivity contribution in [1.82, 2.24) is 0 Å². The molecule has 2 aliphatic rings. The zero-order valence-corrected chi connectivity index (χ0v) is 10.1. The Morgan fingerprint density at radius 2 is 1.88 bits per heavy atom. The van der Waals surface area contributed by atoms with Gasteiger partial charge in [-0.3, -0.25) is 4.79 Å². The highest BCUT2D eigenvalue weighted by Gasteiger charge is 2.23. The summed E-state index contributed by atoms with van der Waals surface area (Å²) in [6.07, 6.45) is 7.27. The predicted octanol–water partition coefficient (Wildman–Crippen LogP) is 3.07. The van der Waals surface area contributed by atoms with Crippen LogP contribution in [-0.2, 0) is 17.6 Å². The molecule has 0 radical (unpaired) electrons. The summed E-state index contributed by atoms with van der Waals surface area (Å²) in [5.74, 6) is 1.29. The average Bonchev–Trinajstić information content (AvgIpc) is 2.75. The number of carbonyl (C=O) groups excluding carboxylic acids is 1. The number of fused-ring (bicyclic) bond motifs is 1. The first-order chi connectivity index (χ1) is 8.31. The van der Waals surface area contributed by atoms with Gasteiger partial charge in [0.05, 0.1) is 0 Å². The molecular formula is C15H18O2. The standard InChI is InChI=1S/C15H18O2/c16-13-6-8-15(10-13)17-14-7-5-11-3-1-2-4-12(11)9-14/h5,7,9,15H,1-4,6,8,10H2. The third kappa shape index (κ3) is 2.36. The maximum Gasteiger partial charge on any atom is 0.136 e. The van der Waals surface area contributed by atoms with Crippen LogP contribution in [0.1, 0.15) is 43.2 Å². The van der Waals surface area contributed by atoms with Crippen molar-refractivity contribution in [3.05, 3.63) is 29.3 Å². The molecule has 2 nitrogen and oxygen atoms in total. The van der Waals surface area contributed by atoms with Crippen LogP contribution >= 0.6 is 0 Å². The number of ketones is 1. The Labute approximate surface area is 102 Å². The minimum Gasteiger partial charge on any atom is -0.490 e. The highest BCUT2D eigenvalue weighted by atomic mass is 16.5. The minimum atomic E-state index is 0.115. The van der Waals surface area contributed by atoms with Crippen LogP contribution in [0.5, 0.6) is 5.75 Å². The molecule has 0 amide bonds. The molecule has 0 heterocycles. The van der Waals surface area contributed by atoms with Gasteiger partial charge in [-0.1, -0.05) is 6.07 Å². The van der Waals surface area contributed by atoms with Crippen LogP contribution < -0.4 is 4.74 Å². The van der Waals surface area contributed by atoms with Crippen LogP contribution in [0.3, 0.4) is 0 Å². The second kappa shape index (κ2) is 4.52.